The number of ether oxygens (including phenoxy) is 2. The van der Waals surface area contributed by atoms with Gasteiger partial charge in [-0.15, -0.1) is 0 Å². The molecule has 3 aromatic carbocycles. The number of aromatic nitrogens is 1. The molecule has 1 aromatic heterocycles. The first-order valence-electron chi connectivity index (χ1n) is 10.4. The summed E-state index contributed by atoms with van der Waals surface area (Å²) in [5.74, 6) is 1.54. The number of fused-ring (bicyclic) bond motifs is 3. The number of rotatable bonds is 4. The Hall–Kier alpha value is -3.73. The predicted octanol–water partition coefficient (Wildman–Crippen LogP) is 4.97. The van der Waals surface area contributed by atoms with Crippen molar-refractivity contribution in [2.75, 3.05) is 20.8 Å². The minimum atomic E-state index is -0.198. The Morgan fingerprint density at radius 2 is 1.55 bits per heavy atom. The van der Waals surface area contributed by atoms with Crippen molar-refractivity contribution < 1.29 is 14.3 Å². The summed E-state index contributed by atoms with van der Waals surface area (Å²) in [6, 6.07) is 23.4. The van der Waals surface area contributed by atoms with Crippen molar-refractivity contribution in [1.82, 2.24) is 9.88 Å². The van der Waals surface area contributed by atoms with Crippen molar-refractivity contribution in [3.63, 3.8) is 0 Å². The van der Waals surface area contributed by atoms with Crippen LogP contribution in [0.25, 0.3) is 10.9 Å². The van der Waals surface area contributed by atoms with E-state index in [4.69, 9.17) is 9.47 Å². The van der Waals surface area contributed by atoms with Gasteiger partial charge in [0.2, 0.25) is 0 Å². The second kappa shape index (κ2) is 7.84. The SMILES string of the molecule is COc1ccc(C(=O)N2CCc3c([nH]c4ccccc34)C2c2ccc(OC)cc2)cc1. The molecule has 1 aliphatic heterocycles. The van der Waals surface area contributed by atoms with Crippen LogP contribution < -0.4 is 9.47 Å². The molecule has 0 bridgehead atoms. The van der Waals surface area contributed by atoms with E-state index in [1.54, 1.807) is 14.2 Å². The summed E-state index contributed by atoms with van der Waals surface area (Å²) in [5.41, 5.74) is 5.17. The lowest BCUT2D eigenvalue weighted by Crippen LogP contribution is -2.40. The molecule has 1 atom stereocenters. The Morgan fingerprint density at radius 1 is 0.903 bits per heavy atom. The normalized spacial score (nSPS) is 15.5. The molecular weight excluding hydrogens is 388 g/mol. The number of nitrogens with zero attached hydrogens (tertiary/aromatic N) is 1. The number of H-pyrrole nitrogens is 1. The number of carbonyl (C=O) groups excluding carboxylic acids is 1. The van der Waals surface area contributed by atoms with Gasteiger partial charge in [0.25, 0.3) is 5.91 Å². The van der Waals surface area contributed by atoms with Crippen molar-refractivity contribution in [1.29, 1.82) is 0 Å². The van der Waals surface area contributed by atoms with Gasteiger partial charge in [-0.3, -0.25) is 4.79 Å². The van der Waals surface area contributed by atoms with E-state index < -0.39 is 0 Å². The van der Waals surface area contributed by atoms with Crippen LogP contribution in [0.3, 0.4) is 0 Å². The molecule has 31 heavy (non-hydrogen) atoms. The van der Waals surface area contributed by atoms with Crippen LogP contribution in [0, 0.1) is 0 Å². The number of hydrogen-bond acceptors (Lipinski definition) is 3. The van der Waals surface area contributed by atoms with Gasteiger partial charge in [-0.2, -0.15) is 0 Å². The van der Waals surface area contributed by atoms with Crippen LogP contribution in [-0.4, -0.2) is 36.6 Å². The maximum atomic E-state index is 13.6. The van der Waals surface area contributed by atoms with Crippen LogP contribution >= 0.6 is 0 Å². The standard InChI is InChI=1S/C26H24N2O3/c1-30-19-11-7-17(8-12-19)25-24-22(21-5-3-4-6-23(21)27-24)15-16-28(25)26(29)18-9-13-20(31-2)14-10-18/h3-14,25,27H,15-16H2,1-2H3. The number of para-hydroxylation sites is 1. The smallest absolute Gasteiger partial charge is 0.254 e. The molecule has 1 N–H and O–H groups in total. The van der Waals surface area contributed by atoms with Crippen molar-refractivity contribution >= 4 is 16.8 Å². The molecule has 0 aliphatic carbocycles. The van der Waals surface area contributed by atoms with Gasteiger partial charge >= 0.3 is 0 Å². The minimum Gasteiger partial charge on any atom is -0.497 e. The predicted molar refractivity (Wildman–Crippen MR) is 121 cm³/mol. The third kappa shape index (κ3) is 3.32. The Bertz CT molecular complexity index is 1230. The number of benzene rings is 3. The van der Waals surface area contributed by atoms with E-state index in [9.17, 15) is 4.79 Å². The van der Waals surface area contributed by atoms with Gasteiger partial charge < -0.3 is 19.4 Å². The van der Waals surface area contributed by atoms with Crippen LogP contribution in [0.4, 0.5) is 0 Å². The summed E-state index contributed by atoms with van der Waals surface area (Å²) in [6.07, 6.45) is 0.813. The maximum Gasteiger partial charge on any atom is 0.254 e. The number of nitrogens with one attached hydrogen (secondary N) is 1. The molecule has 0 saturated heterocycles. The van der Waals surface area contributed by atoms with Gasteiger partial charge in [0, 0.05) is 28.7 Å². The molecule has 0 radical (unpaired) electrons. The van der Waals surface area contributed by atoms with Gasteiger partial charge in [0.05, 0.1) is 20.3 Å². The zero-order valence-corrected chi connectivity index (χ0v) is 17.6. The Balaban J connectivity index is 1.61. The van der Waals surface area contributed by atoms with E-state index in [1.807, 2.05) is 59.5 Å². The summed E-state index contributed by atoms with van der Waals surface area (Å²) in [4.78, 5) is 19.1. The van der Waals surface area contributed by atoms with E-state index >= 15 is 0 Å². The van der Waals surface area contributed by atoms with Gasteiger partial charge in [0.15, 0.2) is 0 Å². The van der Waals surface area contributed by atoms with Crippen molar-refractivity contribution in [3.05, 3.63) is 95.2 Å². The highest BCUT2D eigenvalue weighted by atomic mass is 16.5. The third-order valence-electron chi connectivity index (χ3n) is 6.06. The van der Waals surface area contributed by atoms with E-state index in [2.05, 4.69) is 23.2 Å². The molecule has 156 valence electrons. The van der Waals surface area contributed by atoms with Gasteiger partial charge in [-0.1, -0.05) is 30.3 Å². The molecule has 0 saturated carbocycles. The fourth-order valence-electron chi connectivity index (χ4n) is 4.49. The fourth-order valence-corrected chi connectivity index (χ4v) is 4.49. The first-order valence-corrected chi connectivity index (χ1v) is 10.4. The van der Waals surface area contributed by atoms with Crippen LogP contribution in [0.1, 0.15) is 33.2 Å². The van der Waals surface area contributed by atoms with E-state index in [0.29, 0.717) is 12.1 Å². The molecule has 5 nitrogen and oxygen atoms in total. The van der Waals surface area contributed by atoms with E-state index in [1.165, 1.54) is 10.9 Å². The maximum absolute atomic E-state index is 13.6. The Kier molecular flexibility index (Phi) is 4.86. The van der Waals surface area contributed by atoms with Crippen LogP contribution in [0.15, 0.2) is 72.8 Å². The summed E-state index contributed by atoms with van der Waals surface area (Å²) in [5, 5.41) is 1.23. The first-order chi connectivity index (χ1) is 15.2. The van der Waals surface area contributed by atoms with Gasteiger partial charge in [-0.05, 0) is 60.0 Å². The fraction of sp³-hybridized carbons (Fsp3) is 0.192. The number of methoxy groups -OCH3 is 2. The lowest BCUT2D eigenvalue weighted by Gasteiger charge is -2.36. The summed E-state index contributed by atoms with van der Waals surface area (Å²) in [7, 11) is 3.28. The molecule has 1 unspecified atom stereocenters. The van der Waals surface area contributed by atoms with E-state index in [-0.39, 0.29) is 11.9 Å². The number of aromatic amines is 1. The average Bonchev–Trinajstić information content (AvgIpc) is 3.22. The molecule has 4 aromatic rings. The second-order valence-corrected chi connectivity index (χ2v) is 7.72. The average molecular weight is 412 g/mol. The molecule has 5 rings (SSSR count). The monoisotopic (exact) mass is 412 g/mol. The highest BCUT2D eigenvalue weighted by molar-refractivity contribution is 5.95. The Labute approximate surface area is 181 Å². The number of hydrogen-bond donors (Lipinski definition) is 1. The molecule has 0 spiro atoms. The molecular formula is C26H24N2O3. The molecule has 1 amide bonds. The largest absolute Gasteiger partial charge is 0.497 e. The summed E-state index contributed by atoms with van der Waals surface area (Å²) in [6.45, 7) is 0.649. The molecule has 5 heteroatoms. The highest BCUT2D eigenvalue weighted by Gasteiger charge is 2.34. The first kappa shape index (κ1) is 19.2. The molecule has 0 fully saturated rings. The van der Waals surface area contributed by atoms with Crippen molar-refractivity contribution in [2.45, 2.75) is 12.5 Å². The van der Waals surface area contributed by atoms with Crippen molar-refractivity contribution in [2.24, 2.45) is 0 Å². The minimum absolute atomic E-state index is 0.00720. The topological polar surface area (TPSA) is 54.6 Å². The van der Waals surface area contributed by atoms with Crippen molar-refractivity contribution in [3.8, 4) is 11.5 Å². The molecule has 2 heterocycles. The Morgan fingerprint density at radius 3 is 2.23 bits per heavy atom. The summed E-state index contributed by atoms with van der Waals surface area (Å²) < 4.78 is 10.6. The quantitative estimate of drug-likeness (QED) is 0.515. The van der Waals surface area contributed by atoms with Crippen LogP contribution in [-0.2, 0) is 6.42 Å². The lowest BCUT2D eigenvalue weighted by molar-refractivity contribution is 0.0692. The number of carbonyl (C=O) groups is 1. The highest BCUT2D eigenvalue weighted by Crippen LogP contribution is 2.39. The van der Waals surface area contributed by atoms with Gasteiger partial charge in [0.1, 0.15) is 11.5 Å². The number of amides is 1. The lowest BCUT2D eigenvalue weighted by atomic mass is 9.91. The third-order valence-corrected chi connectivity index (χ3v) is 6.06. The zero-order chi connectivity index (χ0) is 21.4. The summed E-state index contributed by atoms with van der Waals surface area (Å²) >= 11 is 0. The molecule has 1 aliphatic rings. The van der Waals surface area contributed by atoms with Crippen LogP contribution in [0.2, 0.25) is 0 Å². The van der Waals surface area contributed by atoms with E-state index in [0.717, 1.165) is 34.7 Å². The second-order valence-electron chi connectivity index (χ2n) is 7.72. The zero-order valence-electron chi connectivity index (χ0n) is 17.6. The van der Waals surface area contributed by atoms with Gasteiger partial charge in [-0.25, -0.2) is 0 Å². The van der Waals surface area contributed by atoms with Crippen LogP contribution in [0.5, 0.6) is 11.5 Å².